The van der Waals surface area contributed by atoms with Crippen LogP contribution in [0.25, 0.3) is 5.69 Å². The van der Waals surface area contributed by atoms with Crippen LogP contribution in [0.5, 0.6) is 0 Å². The normalized spacial score (nSPS) is 14.9. The minimum absolute atomic E-state index is 0.298. The summed E-state index contributed by atoms with van der Waals surface area (Å²) in [7, 11) is 5.91. The highest BCUT2D eigenvalue weighted by molar-refractivity contribution is 6.32. The average molecular weight is 353 g/mol. The van der Waals surface area contributed by atoms with Crippen molar-refractivity contribution in [3.05, 3.63) is 41.2 Å². The van der Waals surface area contributed by atoms with Crippen LogP contribution in [0.15, 0.2) is 24.3 Å². The molecule has 2 aromatic rings. The van der Waals surface area contributed by atoms with Gasteiger partial charge in [0, 0.05) is 31.6 Å². The van der Waals surface area contributed by atoms with E-state index in [2.05, 4.69) is 10.00 Å². The van der Waals surface area contributed by atoms with E-state index in [1.54, 1.807) is 25.5 Å². The fourth-order valence-corrected chi connectivity index (χ4v) is 3.39. The topological polar surface area (TPSA) is 67.6 Å². The van der Waals surface area contributed by atoms with E-state index >= 15 is 0 Å². The molecule has 0 aliphatic carbocycles. The Morgan fingerprint density at radius 2 is 2.19 bits per heavy atom. The summed E-state index contributed by atoms with van der Waals surface area (Å²) in [6.45, 7) is 7.50. The summed E-state index contributed by atoms with van der Waals surface area (Å²) in [6, 6.07) is 7.44. The predicted molar refractivity (Wildman–Crippen MR) is 100 cm³/mol. The first-order chi connectivity index (χ1) is 12.3. The van der Waals surface area contributed by atoms with Crippen molar-refractivity contribution in [2.75, 3.05) is 19.7 Å². The third kappa shape index (κ3) is 3.99. The lowest BCUT2D eigenvalue weighted by Gasteiger charge is -2.32. The summed E-state index contributed by atoms with van der Waals surface area (Å²) in [5, 5.41) is 14.7. The fraction of sp³-hybridized carbons (Fsp3) is 0.474. The smallest absolute Gasteiger partial charge is 0.359 e. The molecule has 0 saturated carbocycles. The molecular weight excluding hydrogens is 329 g/mol. The first-order valence-electron chi connectivity index (χ1n) is 8.87. The van der Waals surface area contributed by atoms with Gasteiger partial charge in [-0.1, -0.05) is 17.6 Å². The van der Waals surface area contributed by atoms with Crippen molar-refractivity contribution in [2.24, 2.45) is 0 Å². The number of ether oxygens (including phenoxy) is 1. The Morgan fingerprint density at radius 1 is 1.42 bits per heavy atom. The molecule has 1 N–H and O–H groups in total. The molecule has 1 aromatic carbocycles. The molecule has 2 heterocycles. The Balaban J connectivity index is 2.02. The zero-order valence-corrected chi connectivity index (χ0v) is 15.5. The van der Waals surface area contributed by atoms with Crippen molar-refractivity contribution in [2.45, 2.75) is 39.3 Å². The molecule has 7 heteroatoms. The monoisotopic (exact) mass is 353 g/mol. The Labute approximate surface area is 155 Å². The van der Waals surface area contributed by atoms with Gasteiger partial charge in [0.05, 0.1) is 23.6 Å². The molecule has 0 spiro atoms. The largest absolute Gasteiger partial charge is 0.461 e. The Hall–Kier alpha value is -2.12. The van der Waals surface area contributed by atoms with Gasteiger partial charge in [0.1, 0.15) is 7.85 Å². The summed E-state index contributed by atoms with van der Waals surface area (Å²) >= 11 is 0. The lowest BCUT2D eigenvalue weighted by molar-refractivity contribution is 0.0313. The lowest BCUT2D eigenvalue weighted by atomic mass is 9.96. The van der Waals surface area contributed by atoms with Gasteiger partial charge < -0.3 is 9.84 Å². The molecule has 136 valence electrons. The average Bonchev–Trinajstić information content (AvgIpc) is 2.92. The van der Waals surface area contributed by atoms with Gasteiger partial charge in [0.2, 0.25) is 0 Å². The van der Waals surface area contributed by atoms with E-state index in [-0.39, 0.29) is 0 Å². The second-order valence-electron chi connectivity index (χ2n) is 7.27. The molecule has 0 amide bonds. The van der Waals surface area contributed by atoms with E-state index in [1.807, 2.05) is 24.3 Å². The number of hydrogen-bond donors (Lipinski definition) is 1. The molecule has 1 aromatic heterocycles. The Morgan fingerprint density at radius 3 is 2.85 bits per heavy atom. The molecule has 0 saturated heterocycles. The van der Waals surface area contributed by atoms with Crippen LogP contribution >= 0.6 is 0 Å². The van der Waals surface area contributed by atoms with Crippen molar-refractivity contribution >= 4 is 19.3 Å². The minimum atomic E-state index is -0.800. The van der Waals surface area contributed by atoms with Gasteiger partial charge in [-0.15, -0.1) is 0 Å². The molecule has 1 aliphatic heterocycles. The molecule has 2 radical (unpaired) electrons. The van der Waals surface area contributed by atoms with E-state index in [9.17, 15) is 9.90 Å². The van der Waals surface area contributed by atoms with Crippen molar-refractivity contribution < 1.29 is 14.6 Å². The summed E-state index contributed by atoms with van der Waals surface area (Å²) < 4.78 is 6.99. The standard InChI is InChI=1S/C19H24BN3O3/c1-4-26-18(24)17-15-11-22(12-19(2,3)25)9-8-16(15)23(21-17)14-7-5-6-13(20)10-14/h5-7,10,25H,4,8-9,11-12H2,1-3H3. The van der Waals surface area contributed by atoms with Crippen LogP contribution < -0.4 is 5.46 Å². The van der Waals surface area contributed by atoms with Gasteiger partial charge >= 0.3 is 5.97 Å². The third-order valence-corrected chi connectivity index (χ3v) is 4.33. The summed E-state index contributed by atoms with van der Waals surface area (Å²) in [4.78, 5) is 14.6. The first kappa shape index (κ1) is 18.7. The number of rotatable bonds is 5. The number of carbonyl (C=O) groups excluding carboxylic acids is 1. The maximum absolute atomic E-state index is 12.4. The number of aromatic nitrogens is 2. The van der Waals surface area contributed by atoms with Gasteiger partial charge in [-0.2, -0.15) is 5.10 Å². The highest BCUT2D eigenvalue weighted by Gasteiger charge is 2.31. The van der Waals surface area contributed by atoms with Crippen LogP contribution in [0.2, 0.25) is 0 Å². The van der Waals surface area contributed by atoms with Crippen molar-refractivity contribution in [3.63, 3.8) is 0 Å². The number of hydrogen-bond acceptors (Lipinski definition) is 5. The van der Waals surface area contributed by atoms with E-state index in [4.69, 9.17) is 12.6 Å². The third-order valence-electron chi connectivity index (χ3n) is 4.33. The number of nitrogens with zero attached hydrogens (tertiary/aromatic N) is 3. The quantitative estimate of drug-likeness (QED) is 0.641. The van der Waals surface area contributed by atoms with Gasteiger partial charge in [0.15, 0.2) is 5.69 Å². The molecular formula is C19H24BN3O3. The van der Waals surface area contributed by atoms with Crippen molar-refractivity contribution in [3.8, 4) is 5.69 Å². The number of benzene rings is 1. The summed E-state index contributed by atoms with van der Waals surface area (Å²) in [5.74, 6) is -0.420. The predicted octanol–water partition coefficient (Wildman–Crippen LogP) is 0.972. The number of carbonyl (C=O) groups is 1. The van der Waals surface area contributed by atoms with E-state index < -0.39 is 11.6 Å². The molecule has 3 rings (SSSR count). The highest BCUT2D eigenvalue weighted by atomic mass is 16.5. The molecule has 0 bridgehead atoms. The van der Waals surface area contributed by atoms with Crippen molar-refractivity contribution in [1.29, 1.82) is 0 Å². The fourth-order valence-electron chi connectivity index (χ4n) is 3.39. The van der Waals surface area contributed by atoms with Crippen LogP contribution in [0, 0.1) is 0 Å². The van der Waals surface area contributed by atoms with Gasteiger partial charge in [-0.25, -0.2) is 9.48 Å². The van der Waals surface area contributed by atoms with E-state index in [0.717, 1.165) is 29.9 Å². The van der Waals surface area contributed by atoms with Gasteiger partial charge in [-0.05, 0) is 32.9 Å². The molecule has 0 unspecified atom stereocenters. The Kier molecular flexibility index (Phi) is 5.21. The number of fused-ring (bicyclic) bond motifs is 1. The van der Waals surface area contributed by atoms with Gasteiger partial charge in [-0.3, -0.25) is 4.90 Å². The SMILES string of the molecule is [B]c1cccc(-n2nc(C(=O)OCC)c3c2CCN(CC(C)(C)O)C3)c1. The zero-order chi connectivity index (χ0) is 18.9. The van der Waals surface area contributed by atoms with Crippen LogP contribution in [-0.2, 0) is 17.7 Å². The maximum atomic E-state index is 12.4. The maximum Gasteiger partial charge on any atom is 0.359 e. The molecule has 26 heavy (non-hydrogen) atoms. The minimum Gasteiger partial charge on any atom is -0.461 e. The molecule has 0 atom stereocenters. The zero-order valence-electron chi connectivity index (χ0n) is 15.5. The van der Waals surface area contributed by atoms with E-state index in [0.29, 0.717) is 30.9 Å². The van der Waals surface area contributed by atoms with Crippen LogP contribution in [0.1, 0.15) is 42.5 Å². The summed E-state index contributed by atoms with van der Waals surface area (Å²) in [5.41, 5.74) is 2.86. The molecule has 1 aliphatic rings. The van der Waals surface area contributed by atoms with Crippen LogP contribution in [0.3, 0.4) is 0 Å². The lowest BCUT2D eigenvalue weighted by Crippen LogP contribution is -2.41. The number of esters is 1. The van der Waals surface area contributed by atoms with E-state index in [1.165, 1.54) is 0 Å². The Bertz CT molecular complexity index is 811. The summed E-state index contributed by atoms with van der Waals surface area (Å²) in [6.07, 6.45) is 0.729. The molecule has 6 nitrogen and oxygen atoms in total. The highest BCUT2D eigenvalue weighted by Crippen LogP contribution is 2.26. The van der Waals surface area contributed by atoms with Gasteiger partial charge in [0.25, 0.3) is 0 Å². The van der Waals surface area contributed by atoms with Crippen molar-refractivity contribution in [1.82, 2.24) is 14.7 Å². The number of β-amino-alcohol motifs (C(OH)–C–C–N with tert-alkyl or cyclic N) is 1. The van der Waals surface area contributed by atoms with Crippen LogP contribution in [-0.4, -0.2) is 58.9 Å². The molecule has 0 fully saturated rings. The second kappa shape index (κ2) is 7.25. The van der Waals surface area contributed by atoms with Crippen LogP contribution in [0.4, 0.5) is 0 Å². The number of aliphatic hydroxyl groups is 1. The second-order valence-corrected chi connectivity index (χ2v) is 7.27. The first-order valence-corrected chi connectivity index (χ1v) is 8.87.